The third-order valence-electron chi connectivity index (χ3n) is 4.70. The number of benzene rings is 4. The van der Waals surface area contributed by atoms with Crippen molar-refractivity contribution in [1.29, 1.82) is 0 Å². The van der Waals surface area contributed by atoms with Crippen molar-refractivity contribution in [3.8, 4) is 11.5 Å². The van der Waals surface area contributed by atoms with E-state index in [-0.39, 0.29) is 17.9 Å². The van der Waals surface area contributed by atoms with E-state index in [4.69, 9.17) is 9.47 Å². The van der Waals surface area contributed by atoms with Crippen LogP contribution in [0.2, 0.25) is 0 Å². The fourth-order valence-electron chi connectivity index (χ4n) is 3.09. The van der Waals surface area contributed by atoms with Gasteiger partial charge in [-0.3, -0.25) is 4.79 Å². The highest BCUT2D eigenvalue weighted by atomic mass is 19.1. The Kier molecular flexibility index (Phi) is 6.70. The van der Waals surface area contributed by atoms with Crippen LogP contribution < -0.4 is 14.9 Å². The second-order valence-electron chi connectivity index (χ2n) is 7.00. The molecule has 6 nitrogen and oxygen atoms in total. The monoisotopic (exact) mass is 442 g/mol. The van der Waals surface area contributed by atoms with Crippen LogP contribution in [0.15, 0.2) is 96.1 Å². The van der Waals surface area contributed by atoms with Crippen molar-refractivity contribution in [2.45, 2.75) is 0 Å². The number of rotatable bonds is 7. The highest BCUT2D eigenvalue weighted by Gasteiger charge is 2.13. The van der Waals surface area contributed by atoms with Crippen molar-refractivity contribution >= 4 is 28.9 Å². The molecule has 0 fully saturated rings. The van der Waals surface area contributed by atoms with E-state index >= 15 is 0 Å². The Morgan fingerprint density at radius 1 is 0.879 bits per heavy atom. The van der Waals surface area contributed by atoms with Gasteiger partial charge >= 0.3 is 5.97 Å². The number of halogens is 1. The molecule has 0 radical (unpaired) electrons. The molecule has 0 aliphatic rings. The lowest BCUT2D eigenvalue weighted by Crippen LogP contribution is -2.24. The van der Waals surface area contributed by atoms with E-state index in [9.17, 15) is 14.0 Å². The molecule has 33 heavy (non-hydrogen) atoms. The fraction of sp³-hybridized carbons (Fsp3) is 0.0385. The molecule has 0 aromatic heterocycles. The number of carbonyl (C=O) groups is 2. The van der Waals surface area contributed by atoms with E-state index in [1.165, 1.54) is 24.4 Å². The number of nitrogens with zero attached hydrogens (tertiary/aromatic N) is 1. The molecule has 0 spiro atoms. The Balaban J connectivity index is 1.28. The molecular formula is C26H19FN2O4. The van der Waals surface area contributed by atoms with Crippen LogP contribution in [0.1, 0.15) is 15.9 Å². The van der Waals surface area contributed by atoms with Crippen LogP contribution in [0.25, 0.3) is 10.8 Å². The lowest BCUT2D eigenvalue weighted by Gasteiger charge is -2.08. The van der Waals surface area contributed by atoms with Gasteiger partial charge in [0.05, 0.1) is 11.8 Å². The molecule has 0 aliphatic carbocycles. The predicted octanol–water partition coefficient (Wildman–Crippen LogP) is 4.73. The van der Waals surface area contributed by atoms with Gasteiger partial charge in [-0.2, -0.15) is 5.10 Å². The third kappa shape index (κ3) is 5.59. The molecule has 0 atom stereocenters. The predicted molar refractivity (Wildman–Crippen MR) is 123 cm³/mol. The molecule has 4 aromatic carbocycles. The van der Waals surface area contributed by atoms with Crippen molar-refractivity contribution in [3.05, 3.63) is 108 Å². The van der Waals surface area contributed by atoms with Crippen molar-refractivity contribution in [2.24, 2.45) is 5.10 Å². The van der Waals surface area contributed by atoms with Crippen LogP contribution in [0.4, 0.5) is 4.39 Å². The molecule has 0 saturated heterocycles. The summed E-state index contributed by atoms with van der Waals surface area (Å²) < 4.78 is 24.5. The normalized spacial score (nSPS) is 10.8. The second-order valence-corrected chi connectivity index (χ2v) is 7.00. The number of amides is 1. The van der Waals surface area contributed by atoms with Gasteiger partial charge in [0.15, 0.2) is 6.61 Å². The molecule has 7 heteroatoms. The molecule has 4 rings (SSSR count). The first kappa shape index (κ1) is 21.7. The van der Waals surface area contributed by atoms with Crippen LogP contribution in [-0.4, -0.2) is 24.7 Å². The van der Waals surface area contributed by atoms with Crippen LogP contribution in [0.5, 0.6) is 11.5 Å². The summed E-state index contributed by atoms with van der Waals surface area (Å²) in [7, 11) is 0. The van der Waals surface area contributed by atoms with Crippen LogP contribution in [0, 0.1) is 5.82 Å². The van der Waals surface area contributed by atoms with E-state index in [1.54, 1.807) is 36.4 Å². The zero-order valence-electron chi connectivity index (χ0n) is 17.4. The lowest BCUT2D eigenvalue weighted by atomic mass is 10.1. The van der Waals surface area contributed by atoms with Gasteiger partial charge in [-0.05, 0) is 53.4 Å². The molecule has 0 heterocycles. The number of esters is 1. The zero-order chi connectivity index (χ0) is 23.0. The smallest absolute Gasteiger partial charge is 0.346 e. The van der Waals surface area contributed by atoms with Gasteiger partial charge < -0.3 is 9.47 Å². The van der Waals surface area contributed by atoms with Crippen LogP contribution in [-0.2, 0) is 4.79 Å². The Morgan fingerprint density at radius 3 is 2.42 bits per heavy atom. The van der Waals surface area contributed by atoms with E-state index in [0.717, 1.165) is 10.8 Å². The SMILES string of the molecule is O=C(COc1cccc2ccccc12)N/N=C\c1ccc(OC(=O)c2ccccc2F)cc1. The largest absolute Gasteiger partial charge is 0.483 e. The molecule has 1 amide bonds. The minimum Gasteiger partial charge on any atom is -0.483 e. The number of carbonyl (C=O) groups excluding carboxylic acids is 2. The summed E-state index contributed by atoms with van der Waals surface area (Å²) in [6.07, 6.45) is 1.44. The van der Waals surface area contributed by atoms with Gasteiger partial charge in [0.25, 0.3) is 5.91 Å². The summed E-state index contributed by atoms with van der Waals surface area (Å²) in [5.41, 5.74) is 2.92. The molecule has 0 bridgehead atoms. The van der Waals surface area contributed by atoms with E-state index in [2.05, 4.69) is 10.5 Å². The molecule has 164 valence electrons. The number of ether oxygens (including phenoxy) is 2. The fourth-order valence-corrected chi connectivity index (χ4v) is 3.09. The summed E-state index contributed by atoms with van der Waals surface area (Å²) in [5.74, 6) is -0.963. The highest BCUT2D eigenvalue weighted by Crippen LogP contribution is 2.25. The quantitative estimate of drug-likeness (QED) is 0.194. The van der Waals surface area contributed by atoms with E-state index < -0.39 is 17.7 Å². The minimum atomic E-state index is -0.784. The number of hydrogen-bond donors (Lipinski definition) is 1. The molecule has 0 unspecified atom stereocenters. The molecule has 0 aliphatic heterocycles. The Hall–Kier alpha value is -4.52. The van der Waals surface area contributed by atoms with Gasteiger partial charge in [0, 0.05) is 5.39 Å². The first-order valence-electron chi connectivity index (χ1n) is 10.1. The highest BCUT2D eigenvalue weighted by molar-refractivity contribution is 5.91. The number of hydrogen-bond acceptors (Lipinski definition) is 5. The topological polar surface area (TPSA) is 77.0 Å². The number of fused-ring (bicyclic) bond motifs is 1. The van der Waals surface area contributed by atoms with Crippen molar-refractivity contribution in [3.63, 3.8) is 0 Å². The minimum absolute atomic E-state index is 0.142. The standard InChI is InChI=1S/C26H19FN2O4/c27-23-10-4-3-9-22(23)26(31)33-20-14-12-18(13-15-20)16-28-29-25(30)17-32-24-11-5-7-19-6-1-2-8-21(19)24/h1-16H,17H2,(H,29,30)/b28-16-. The van der Waals surface area contributed by atoms with Gasteiger partial charge in [-0.1, -0.05) is 48.5 Å². The number of nitrogens with one attached hydrogen (secondary N) is 1. The molecular weight excluding hydrogens is 423 g/mol. The Bertz CT molecular complexity index is 1310. The Labute approximate surface area is 189 Å². The summed E-state index contributed by atoms with van der Waals surface area (Å²) in [4.78, 5) is 24.1. The molecule has 1 N–H and O–H groups in total. The van der Waals surface area contributed by atoms with Gasteiger partial charge in [0.2, 0.25) is 0 Å². The van der Waals surface area contributed by atoms with Gasteiger partial charge in [0.1, 0.15) is 17.3 Å². The second kappa shape index (κ2) is 10.2. The van der Waals surface area contributed by atoms with Gasteiger partial charge in [-0.25, -0.2) is 14.6 Å². The summed E-state index contributed by atoms with van der Waals surface area (Å²) >= 11 is 0. The summed E-state index contributed by atoms with van der Waals surface area (Å²) in [5, 5.41) is 5.85. The first-order valence-corrected chi connectivity index (χ1v) is 10.1. The molecule has 0 saturated carbocycles. The van der Waals surface area contributed by atoms with Crippen molar-refractivity contribution < 1.29 is 23.5 Å². The average Bonchev–Trinajstić information content (AvgIpc) is 2.84. The van der Waals surface area contributed by atoms with Crippen molar-refractivity contribution in [1.82, 2.24) is 5.43 Å². The lowest BCUT2D eigenvalue weighted by molar-refractivity contribution is -0.123. The summed E-state index contributed by atoms with van der Waals surface area (Å²) in [6, 6.07) is 25.4. The molecule has 4 aromatic rings. The maximum absolute atomic E-state index is 13.7. The first-order chi connectivity index (χ1) is 16.1. The third-order valence-corrected chi connectivity index (χ3v) is 4.70. The average molecular weight is 442 g/mol. The van der Waals surface area contributed by atoms with Gasteiger partial charge in [-0.15, -0.1) is 0 Å². The Morgan fingerprint density at radius 2 is 1.61 bits per heavy atom. The summed E-state index contributed by atoms with van der Waals surface area (Å²) in [6.45, 7) is -0.184. The van der Waals surface area contributed by atoms with E-state index in [1.807, 2.05) is 36.4 Å². The van der Waals surface area contributed by atoms with Crippen LogP contribution in [0.3, 0.4) is 0 Å². The van der Waals surface area contributed by atoms with E-state index in [0.29, 0.717) is 11.3 Å². The maximum atomic E-state index is 13.7. The van der Waals surface area contributed by atoms with Crippen molar-refractivity contribution in [2.75, 3.05) is 6.61 Å². The zero-order valence-corrected chi connectivity index (χ0v) is 17.4. The van der Waals surface area contributed by atoms with Crippen LogP contribution >= 0.6 is 0 Å². The number of hydrazone groups is 1. The maximum Gasteiger partial charge on any atom is 0.346 e.